The summed E-state index contributed by atoms with van der Waals surface area (Å²) in [4.78, 5) is 154. The Morgan fingerprint density at radius 3 is 1.92 bits per heavy atom. The second kappa shape index (κ2) is 31.8. The molecule has 6 aromatic rings. The zero-order valence-electron chi connectivity index (χ0n) is 53.7. The van der Waals surface area contributed by atoms with Crippen LogP contribution in [0.15, 0.2) is 80.5 Å². The van der Waals surface area contributed by atoms with Gasteiger partial charge in [-0.05, 0) is 38.1 Å². The molecule has 3 fully saturated rings. The lowest BCUT2D eigenvalue weighted by Gasteiger charge is -2.25. The van der Waals surface area contributed by atoms with Gasteiger partial charge < -0.3 is 68.9 Å². The Kier molecular flexibility index (Phi) is 23.1. The van der Waals surface area contributed by atoms with E-state index in [1.54, 1.807) is 0 Å². The number of halogens is 1. The molecule has 2 aromatic carbocycles. The number of nitro groups is 2. The first-order valence-corrected chi connectivity index (χ1v) is 35.0. The Morgan fingerprint density at radius 1 is 0.699 bits per heavy atom. The summed E-state index contributed by atoms with van der Waals surface area (Å²) >= 11 is 1.51. The summed E-state index contributed by atoms with van der Waals surface area (Å²) in [5.74, 6) is 13.2. The van der Waals surface area contributed by atoms with Crippen LogP contribution in [0.4, 0.5) is 17.2 Å². The molecule has 43 heteroatoms. The molecule has 0 aliphatic carbocycles. The van der Waals surface area contributed by atoms with Crippen molar-refractivity contribution < 1.29 is 88.4 Å². The number of benzene rings is 2. The van der Waals surface area contributed by atoms with Crippen molar-refractivity contribution in [1.29, 1.82) is 0 Å². The molecule has 11 heterocycles. The third kappa shape index (κ3) is 17.5. The van der Waals surface area contributed by atoms with E-state index in [1.165, 1.54) is 77.9 Å². The highest BCUT2D eigenvalue weighted by atomic mass is 127. The van der Waals surface area contributed by atoms with Crippen LogP contribution in [0.1, 0.15) is 103 Å². The molecule has 40 nitrogen and oxygen atoms in total. The van der Waals surface area contributed by atoms with Crippen molar-refractivity contribution in [1.82, 2.24) is 54.9 Å². The van der Waals surface area contributed by atoms with Crippen molar-refractivity contribution in [2.45, 2.75) is 113 Å². The van der Waals surface area contributed by atoms with Crippen molar-refractivity contribution in [3.05, 3.63) is 162 Å². The van der Waals surface area contributed by atoms with Crippen LogP contribution in [0, 0.1) is 55.8 Å². The average molecular weight is 1580 g/mol. The lowest BCUT2D eigenvalue weighted by Crippen LogP contribution is -2.53. The third-order valence-electron chi connectivity index (χ3n) is 16.8. The highest BCUT2D eigenvalue weighted by molar-refractivity contribution is 14.1. The zero-order chi connectivity index (χ0) is 73.8. The van der Waals surface area contributed by atoms with Gasteiger partial charge in [0.1, 0.15) is 101 Å². The van der Waals surface area contributed by atoms with E-state index in [1.807, 2.05) is 0 Å². The van der Waals surface area contributed by atoms with Crippen molar-refractivity contribution in [2.24, 2.45) is 5.73 Å². The van der Waals surface area contributed by atoms with E-state index >= 15 is 0 Å². The Labute approximate surface area is 593 Å². The number of nitrogens with zero attached hydrogens (tertiary/aromatic N) is 7. The Balaban J connectivity index is 0.991. The number of nitrogens with one attached hydrogen (secondary N) is 6. The standard InChI is InChI=1S/C60H62IN15O25P2/c1-29-36-11-7-31(14-39(36)75(85)86)5-9-33-22-72(54-52(33)53(63)67-28-68-54)49-16-41(77)45(97-49)26-94-102(89,90)101-43-18-51-74-24-35(56(80)71-60(74)84)10-6-32-8-12-37(40(15-32)76(87)88)30(2)96-44(20-65-57(81)38(19-62)69-29)58(82)66-21-48(78)64-13-3-4-34-23-73(59(83)70-55(34)79)50-17-42(46(98-50)25-93-61)100-103(91,92)95-27-47(43)99-51/h7-8,11-12,14-15,22-24,28-30,38,41-47,49-51,69,77H,13,16-21,25-27,62H2,1-2H3,(H,64,78)(H,65,81)(H,66,82)(H,89,90)(H,91,92)(H2,63,67,68)(H,70,79,83)(H,71,80,84)/t29?,30?,38?,41-,42-,43-,44?,45+,46+,47+,49+,50+,51+/m0/s1. The van der Waals surface area contributed by atoms with Crippen LogP contribution in [-0.2, 0) is 63.6 Å². The molecule has 3 saturated heterocycles. The molecule has 6 unspecified atom stereocenters. The molecule has 18 bridgehead atoms. The van der Waals surface area contributed by atoms with E-state index in [9.17, 15) is 77.8 Å². The van der Waals surface area contributed by atoms with Crippen molar-refractivity contribution in [3.63, 3.8) is 0 Å². The first-order valence-electron chi connectivity index (χ1n) is 31.1. The molecule has 13 rings (SSSR count). The van der Waals surface area contributed by atoms with Crippen LogP contribution in [0.5, 0.6) is 0 Å². The second-order valence-corrected chi connectivity index (χ2v) is 27.1. The molecule has 3 amide bonds. The summed E-state index contributed by atoms with van der Waals surface area (Å²) in [6, 6.07) is 5.21. The van der Waals surface area contributed by atoms with Gasteiger partial charge >= 0.3 is 27.0 Å². The van der Waals surface area contributed by atoms with Gasteiger partial charge in [-0.2, -0.15) is 0 Å². The topological polar surface area (TPSA) is 556 Å². The molecule has 7 aliphatic heterocycles. The monoisotopic (exact) mass is 1580 g/mol. The molecule has 103 heavy (non-hydrogen) atoms. The predicted molar refractivity (Wildman–Crippen MR) is 359 cm³/mol. The van der Waals surface area contributed by atoms with Crippen LogP contribution < -0.4 is 55.2 Å². The number of aromatic amines is 2. The minimum absolute atomic E-state index is 0.0490. The van der Waals surface area contributed by atoms with Crippen molar-refractivity contribution in [2.75, 3.05) is 51.7 Å². The quantitative estimate of drug-likeness (QED) is 0.0340. The van der Waals surface area contributed by atoms with Gasteiger partial charge in [0.25, 0.3) is 28.4 Å². The number of phosphoric ester groups is 2. The first kappa shape index (κ1) is 74.9. The van der Waals surface area contributed by atoms with Crippen molar-refractivity contribution >= 4 is 84.6 Å². The lowest BCUT2D eigenvalue weighted by molar-refractivity contribution is -0.386. The number of nitrogen functional groups attached to an aromatic ring is 1. The van der Waals surface area contributed by atoms with E-state index in [2.05, 4.69) is 76.7 Å². The summed E-state index contributed by atoms with van der Waals surface area (Å²) in [5.41, 5.74) is 6.62. The highest BCUT2D eigenvalue weighted by Gasteiger charge is 2.47. The smallest absolute Gasteiger partial charge is 0.390 e. The average Bonchev–Trinajstić information content (AvgIpc) is 1.63. The van der Waals surface area contributed by atoms with Gasteiger partial charge in [-0.1, -0.05) is 35.5 Å². The molecular formula is C60H62IN15O25P2. The number of carbonyl (C=O) groups is 3. The number of hydrogen-bond donors (Lipinski definition) is 11. The fraction of sp³-hybridized carbons (Fsp3) is 0.417. The zero-order valence-corrected chi connectivity index (χ0v) is 57.7. The molecule has 544 valence electrons. The summed E-state index contributed by atoms with van der Waals surface area (Å²) in [6.45, 7) is -1.74. The van der Waals surface area contributed by atoms with Gasteiger partial charge in [0.05, 0.1) is 84.1 Å². The van der Waals surface area contributed by atoms with Gasteiger partial charge in [0, 0.05) is 79.3 Å². The maximum Gasteiger partial charge on any atom is 0.472 e. The Hall–Kier alpha value is -9.26. The van der Waals surface area contributed by atoms with E-state index in [-0.39, 0.29) is 63.3 Å². The summed E-state index contributed by atoms with van der Waals surface area (Å²) < 4.78 is 83.1. The summed E-state index contributed by atoms with van der Waals surface area (Å²) in [5, 5.41) is 47.4. The number of hydrogen-bond acceptors (Lipinski definition) is 28. The molecule has 13 N–H and O–H groups in total. The number of H-pyrrole nitrogens is 2. The maximum atomic E-state index is 14.1. The Bertz CT molecular complexity index is 4920. The second-order valence-electron chi connectivity index (χ2n) is 23.6. The maximum absolute atomic E-state index is 14.1. The van der Waals surface area contributed by atoms with E-state index < -0.39 is 214 Å². The van der Waals surface area contributed by atoms with Crippen LogP contribution in [0.25, 0.3) is 11.0 Å². The van der Waals surface area contributed by atoms with Crippen LogP contribution in [0.2, 0.25) is 0 Å². The summed E-state index contributed by atoms with van der Waals surface area (Å²) in [6.07, 6.45) is -12.8. The molecule has 0 radical (unpaired) electrons. The molecule has 15 atom stereocenters. The fourth-order valence-electron chi connectivity index (χ4n) is 11.8. The van der Waals surface area contributed by atoms with Gasteiger partial charge in [0.15, 0.2) is 6.10 Å². The SMILES string of the molecule is CC1NC(CN)C(=O)NCC2OC(C)c3ccc(cc3[N+](=O)[O-])C#Cc3cn(c(=O)[nH]c3=O)[C@H]3C[C@H](OP(=O)(O)OC[C@H]4O[C@H](C[C@@H]4O)n4cc(c5c(N)ncnc54)C#Cc4ccc1c([N+](=O)[O-])c4)[C@@H](COP(=O)(O)O[C@H]1C[C@@H](O[C@@H]1COI)n1cc(c(=O)[nH]c1=O)C#CCNC(=O)CNC2=O)O3. The minimum atomic E-state index is -5.41. The number of aromatic nitrogens is 7. The number of amides is 3. The van der Waals surface area contributed by atoms with Gasteiger partial charge in [0.2, 0.25) is 11.8 Å². The third-order valence-corrected chi connectivity index (χ3v) is 19.2. The molecular weight excluding hydrogens is 1520 g/mol. The van der Waals surface area contributed by atoms with Crippen LogP contribution >= 0.6 is 38.7 Å². The molecule has 7 aliphatic rings. The minimum Gasteiger partial charge on any atom is -0.390 e. The van der Waals surface area contributed by atoms with Gasteiger partial charge in [-0.3, -0.25) is 86.7 Å². The fourth-order valence-corrected chi connectivity index (χ4v) is 14.0. The number of fused-ring (bicyclic) bond motifs is 21. The normalized spacial score (nSPS) is 28.9. The number of nitrogens with two attached hydrogens (primary N) is 2. The molecule has 4 aromatic heterocycles. The number of anilines is 1. The number of ether oxygens (including phenoxy) is 4. The molecule has 0 spiro atoms. The number of rotatable bonds is 5. The van der Waals surface area contributed by atoms with Gasteiger partial charge in [-0.15, -0.1) is 0 Å². The van der Waals surface area contributed by atoms with E-state index in [0.717, 1.165) is 33.9 Å². The van der Waals surface area contributed by atoms with E-state index in [0.29, 0.717) is 0 Å². The highest BCUT2D eigenvalue weighted by Crippen LogP contribution is 2.52. The van der Waals surface area contributed by atoms with Crippen LogP contribution in [0.3, 0.4) is 0 Å². The summed E-state index contributed by atoms with van der Waals surface area (Å²) in [7, 11) is -10.8. The number of nitro benzene ring substituents is 2. The number of aliphatic hydroxyl groups excluding tert-OH is 1. The van der Waals surface area contributed by atoms with Crippen LogP contribution in [-0.4, -0.2) is 171 Å². The van der Waals surface area contributed by atoms with Crippen molar-refractivity contribution in [3.8, 4) is 35.5 Å². The van der Waals surface area contributed by atoms with E-state index in [4.69, 9.17) is 51.6 Å². The number of phosphoric acid groups is 2. The number of aliphatic hydroxyl groups is 1. The Morgan fingerprint density at radius 2 is 1.27 bits per heavy atom. The largest absolute Gasteiger partial charge is 0.472 e. The predicted octanol–water partition coefficient (Wildman–Crippen LogP) is -0.524. The lowest BCUT2D eigenvalue weighted by atomic mass is 10.0. The number of carbonyl (C=O) groups excluding carboxylic acids is 3. The first-order chi connectivity index (χ1) is 49.1. The molecule has 0 saturated carbocycles. The van der Waals surface area contributed by atoms with Gasteiger partial charge in [-0.25, -0.2) is 28.7 Å².